The van der Waals surface area contributed by atoms with Crippen LogP contribution in [-0.4, -0.2) is 23.0 Å². The standard InChI is InChI=1S/C12H17N3O2/c1-12(7-13,8-2-3-8)15-11(17)9-6-14-5-4-10(9)16/h4-6,8H,2-3,7,13H2,1H3,(H,14,16)(H,15,17). The summed E-state index contributed by atoms with van der Waals surface area (Å²) in [5.74, 6) is 0.0749. The second-order valence-electron chi connectivity index (χ2n) is 4.77. The van der Waals surface area contributed by atoms with E-state index in [0.29, 0.717) is 12.5 Å². The van der Waals surface area contributed by atoms with Crippen LogP contribution in [0.4, 0.5) is 0 Å². The molecule has 0 bridgehead atoms. The van der Waals surface area contributed by atoms with Gasteiger partial charge in [-0.3, -0.25) is 9.59 Å². The molecule has 1 atom stereocenters. The Morgan fingerprint density at radius 2 is 2.35 bits per heavy atom. The smallest absolute Gasteiger partial charge is 0.257 e. The third-order valence-corrected chi connectivity index (χ3v) is 3.37. The Morgan fingerprint density at radius 1 is 1.65 bits per heavy atom. The molecule has 0 saturated heterocycles. The number of amides is 1. The Kier molecular flexibility index (Phi) is 3.02. The predicted molar refractivity (Wildman–Crippen MR) is 64.7 cm³/mol. The monoisotopic (exact) mass is 235 g/mol. The van der Waals surface area contributed by atoms with Gasteiger partial charge in [0.2, 0.25) is 0 Å². The van der Waals surface area contributed by atoms with Crippen molar-refractivity contribution in [3.63, 3.8) is 0 Å². The van der Waals surface area contributed by atoms with Crippen LogP contribution in [0, 0.1) is 5.92 Å². The molecule has 17 heavy (non-hydrogen) atoms. The van der Waals surface area contributed by atoms with Crippen molar-refractivity contribution in [1.82, 2.24) is 10.3 Å². The van der Waals surface area contributed by atoms with Gasteiger partial charge in [-0.05, 0) is 25.7 Å². The van der Waals surface area contributed by atoms with Crippen LogP contribution in [0.5, 0.6) is 0 Å². The number of nitrogens with two attached hydrogens (primary N) is 1. The van der Waals surface area contributed by atoms with Gasteiger partial charge in [0, 0.05) is 25.0 Å². The van der Waals surface area contributed by atoms with Crippen molar-refractivity contribution in [1.29, 1.82) is 0 Å². The fourth-order valence-corrected chi connectivity index (χ4v) is 1.96. The van der Waals surface area contributed by atoms with Gasteiger partial charge in [-0.25, -0.2) is 0 Å². The molecule has 5 heteroatoms. The van der Waals surface area contributed by atoms with Crippen LogP contribution >= 0.6 is 0 Å². The molecule has 1 heterocycles. The van der Waals surface area contributed by atoms with Crippen molar-refractivity contribution in [3.8, 4) is 0 Å². The Morgan fingerprint density at radius 3 is 2.88 bits per heavy atom. The van der Waals surface area contributed by atoms with Gasteiger partial charge in [0.05, 0.1) is 5.54 Å². The topological polar surface area (TPSA) is 88.0 Å². The van der Waals surface area contributed by atoms with Crippen molar-refractivity contribution in [2.75, 3.05) is 6.54 Å². The second kappa shape index (κ2) is 4.33. The van der Waals surface area contributed by atoms with Crippen molar-refractivity contribution < 1.29 is 4.79 Å². The van der Waals surface area contributed by atoms with E-state index in [-0.39, 0.29) is 16.9 Å². The van der Waals surface area contributed by atoms with Crippen LogP contribution in [0.2, 0.25) is 0 Å². The molecule has 1 aliphatic rings. The van der Waals surface area contributed by atoms with Crippen LogP contribution in [-0.2, 0) is 0 Å². The van der Waals surface area contributed by atoms with Crippen LogP contribution in [0.25, 0.3) is 0 Å². The minimum Gasteiger partial charge on any atom is -0.367 e. The van der Waals surface area contributed by atoms with Gasteiger partial charge in [-0.15, -0.1) is 0 Å². The van der Waals surface area contributed by atoms with Crippen LogP contribution in [0.1, 0.15) is 30.1 Å². The maximum absolute atomic E-state index is 12.0. The maximum atomic E-state index is 12.0. The zero-order valence-corrected chi connectivity index (χ0v) is 9.82. The molecule has 1 saturated carbocycles. The number of hydrogen-bond acceptors (Lipinski definition) is 3. The third-order valence-electron chi connectivity index (χ3n) is 3.37. The largest absolute Gasteiger partial charge is 0.367 e. The molecule has 92 valence electrons. The van der Waals surface area contributed by atoms with Gasteiger partial charge >= 0.3 is 0 Å². The number of hydrogen-bond donors (Lipinski definition) is 3. The number of pyridine rings is 1. The van der Waals surface area contributed by atoms with E-state index < -0.39 is 5.54 Å². The molecule has 1 amide bonds. The first kappa shape index (κ1) is 11.9. The fourth-order valence-electron chi connectivity index (χ4n) is 1.96. The Bertz CT molecular complexity index is 479. The van der Waals surface area contributed by atoms with Gasteiger partial charge < -0.3 is 16.0 Å². The molecule has 4 N–H and O–H groups in total. The lowest BCUT2D eigenvalue weighted by molar-refractivity contribution is 0.0896. The lowest BCUT2D eigenvalue weighted by atomic mass is 9.95. The normalized spacial score (nSPS) is 18.5. The predicted octanol–water partition coefficient (Wildman–Crippen LogP) is 0.232. The number of aromatic amines is 1. The lowest BCUT2D eigenvalue weighted by Crippen LogP contribution is -2.53. The van der Waals surface area contributed by atoms with E-state index in [1.807, 2.05) is 6.92 Å². The molecule has 0 radical (unpaired) electrons. The van der Waals surface area contributed by atoms with Gasteiger partial charge in [0.25, 0.3) is 5.91 Å². The lowest BCUT2D eigenvalue weighted by Gasteiger charge is -2.29. The summed E-state index contributed by atoms with van der Waals surface area (Å²) in [4.78, 5) is 26.2. The number of nitrogens with one attached hydrogen (secondary N) is 2. The quantitative estimate of drug-likeness (QED) is 0.698. The Labute approximate surface area is 99.4 Å². The maximum Gasteiger partial charge on any atom is 0.257 e. The van der Waals surface area contributed by atoms with E-state index >= 15 is 0 Å². The molecule has 0 aliphatic heterocycles. The summed E-state index contributed by atoms with van der Waals surface area (Å²) in [5.41, 5.74) is 5.16. The van der Waals surface area contributed by atoms with Crippen molar-refractivity contribution in [2.24, 2.45) is 11.7 Å². The minimum atomic E-state index is -0.403. The highest BCUT2D eigenvalue weighted by molar-refractivity contribution is 5.94. The van der Waals surface area contributed by atoms with Crippen LogP contribution in [0.3, 0.4) is 0 Å². The molecule has 1 fully saturated rings. The molecular weight excluding hydrogens is 218 g/mol. The van der Waals surface area contributed by atoms with E-state index in [9.17, 15) is 9.59 Å². The highest BCUT2D eigenvalue weighted by atomic mass is 16.2. The second-order valence-corrected chi connectivity index (χ2v) is 4.77. The summed E-state index contributed by atoms with van der Waals surface area (Å²) < 4.78 is 0. The van der Waals surface area contributed by atoms with Crippen LogP contribution in [0.15, 0.2) is 23.3 Å². The molecule has 1 aromatic rings. The molecule has 0 spiro atoms. The molecule has 1 aromatic heterocycles. The summed E-state index contributed by atoms with van der Waals surface area (Å²) in [7, 11) is 0. The van der Waals surface area contributed by atoms with Gasteiger partial charge in [0.15, 0.2) is 5.43 Å². The van der Waals surface area contributed by atoms with E-state index in [4.69, 9.17) is 5.73 Å². The highest BCUT2D eigenvalue weighted by Crippen LogP contribution is 2.38. The van der Waals surface area contributed by atoms with Crippen molar-refractivity contribution in [3.05, 3.63) is 34.2 Å². The fraction of sp³-hybridized carbons (Fsp3) is 0.500. The first-order valence-electron chi connectivity index (χ1n) is 5.76. The number of H-pyrrole nitrogens is 1. The molecule has 1 unspecified atom stereocenters. The number of carbonyl (C=O) groups is 1. The van der Waals surface area contributed by atoms with Crippen molar-refractivity contribution in [2.45, 2.75) is 25.3 Å². The molecule has 5 nitrogen and oxygen atoms in total. The Hall–Kier alpha value is -1.62. The van der Waals surface area contributed by atoms with Gasteiger partial charge in [0.1, 0.15) is 5.56 Å². The number of rotatable bonds is 4. The SMILES string of the molecule is CC(CN)(NC(=O)c1c[nH]ccc1=O)C1CC1. The third kappa shape index (κ3) is 2.39. The summed E-state index contributed by atoms with van der Waals surface area (Å²) in [6, 6.07) is 1.34. The molecular formula is C12H17N3O2. The van der Waals surface area contributed by atoms with Gasteiger partial charge in [-0.2, -0.15) is 0 Å². The van der Waals surface area contributed by atoms with Crippen molar-refractivity contribution >= 4 is 5.91 Å². The first-order valence-corrected chi connectivity index (χ1v) is 5.76. The number of carbonyl (C=O) groups excluding carboxylic acids is 1. The summed E-state index contributed by atoms with van der Waals surface area (Å²) >= 11 is 0. The summed E-state index contributed by atoms with van der Waals surface area (Å²) in [5, 5.41) is 2.88. The molecule has 2 rings (SSSR count). The number of aromatic nitrogens is 1. The van der Waals surface area contributed by atoms with E-state index in [0.717, 1.165) is 12.8 Å². The van der Waals surface area contributed by atoms with E-state index in [1.54, 1.807) is 0 Å². The summed E-state index contributed by atoms with van der Waals surface area (Å²) in [6.45, 7) is 2.31. The average Bonchev–Trinajstić information content (AvgIpc) is 3.13. The van der Waals surface area contributed by atoms with E-state index in [2.05, 4.69) is 10.3 Å². The minimum absolute atomic E-state index is 0.132. The Balaban J connectivity index is 2.16. The molecule has 1 aliphatic carbocycles. The molecule has 0 aromatic carbocycles. The zero-order chi connectivity index (χ0) is 12.5. The highest BCUT2D eigenvalue weighted by Gasteiger charge is 2.41. The summed E-state index contributed by atoms with van der Waals surface area (Å²) in [6.07, 6.45) is 5.09. The van der Waals surface area contributed by atoms with E-state index in [1.165, 1.54) is 18.5 Å². The van der Waals surface area contributed by atoms with Crippen LogP contribution < -0.4 is 16.5 Å². The zero-order valence-electron chi connectivity index (χ0n) is 9.82. The first-order chi connectivity index (χ1) is 8.07. The van der Waals surface area contributed by atoms with Gasteiger partial charge in [-0.1, -0.05) is 0 Å². The average molecular weight is 235 g/mol.